The van der Waals surface area contributed by atoms with Gasteiger partial charge in [-0.2, -0.15) is 0 Å². The van der Waals surface area contributed by atoms with Gasteiger partial charge in [-0.1, -0.05) is 15.9 Å². The minimum atomic E-state index is -0.485. The Morgan fingerprint density at radius 2 is 1.87 bits per heavy atom. The third kappa shape index (κ3) is 2.97. The number of nitrogens with one attached hydrogen (secondary N) is 1. The molecular formula is C16H12BrN3O2S. The van der Waals surface area contributed by atoms with Crippen molar-refractivity contribution in [2.45, 2.75) is 0 Å². The highest BCUT2D eigenvalue weighted by Crippen LogP contribution is 2.19. The molecule has 0 unspecified atom stereocenters. The van der Waals surface area contributed by atoms with E-state index in [-0.39, 0.29) is 10.7 Å². The summed E-state index contributed by atoms with van der Waals surface area (Å²) in [7, 11) is 1.53. The van der Waals surface area contributed by atoms with Gasteiger partial charge in [0.25, 0.3) is 11.8 Å². The molecular weight excluding hydrogens is 378 g/mol. The van der Waals surface area contributed by atoms with Gasteiger partial charge in [-0.3, -0.25) is 19.8 Å². The van der Waals surface area contributed by atoms with E-state index >= 15 is 0 Å². The van der Waals surface area contributed by atoms with Crippen LogP contribution in [0.4, 0.5) is 0 Å². The first-order valence-electron chi connectivity index (χ1n) is 6.76. The van der Waals surface area contributed by atoms with E-state index in [4.69, 9.17) is 12.2 Å². The van der Waals surface area contributed by atoms with Gasteiger partial charge < -0.3 is 4.57 Å². The minimum absolute atomic E-state index is 0.0539. The molecule has 1 aliphatic heterocycles. The van der Waals surface area contributed by atoms with Crippen LogP contribution >= 0.6 is 28.1 Å². The molecule has 1 aliphatic rings. The summed E-state index contributed by atoms with van der Waals surface area (Å²) in [4.78, 5) is 25.6. The summed E-state index contributed by atoms with van der Waals surface area (Å²) < 4.78 is 2.87. The third-order valence-corrected chi connectivity index (χ3v) is 4.39. The smallest absolute Gasteiger partial charge is 0.265 e. The Morgan fingerprint density at radius 1 is 1.17 bits per heavy atom. The first kappa shape index (κ1) is 15.6. The lowest BCUT2D eigenvalue weighted by atomic mass is 10.1. The normalized spacial score (nSPS) is 16.9. The zero-order valence-electron chi connectivity index (χ0n) is 12.1. The molecule has 0 atom stereocenters. The first-order chi connectivity index (χ1) is 11.0. The largest absolute Gasteiger partial charge is 0.317 e. The molecule has 2 aromatic rings. The fraction of sp³-hybridized carbons (Fsp3) is 0.0625. The van der Waals surface area contributed by atoms with Crippen molar-refractivity contribution >= 4 is 51.2 Å². The Bertz CT molecular complexity index is 839. The van der Waals surface area contributed by atoms with Crippen LogP contribution in [0, 0.1) is 0 Å². The van der Waals surface area contributed by atoms with E-state index < -0.39 is 11.8 Å². The first-order valence-corrected chi connectivity index (χ1v) is 7.96. The zero-order valence-corrected chi connectivity index (χ0v) is 14.5. The zero-order chi connectivity index (χ0) is 16.6. The molecule has 0 bridgehead atoms. The average Bonchev–Trinajstić information content (AvgIpc) is 2.98. The molecule has 1 aromatic heterocycles. The summed E-state index contributed by atoms with van der Waals surface area (Å²) in [6.45, 7) is 0. The predicted octanol–water partition coefficient (Wildman–Crippen LogP) is 2.50. The van der Waals surface area contributed by atoms with Crippen molar-refractivity contribution in [1.29, 1.82) is 0 Å². The highest BCUT2D eigenvalue weighted by molar-refractivity contribution is 9.10. The second-order valence-corrected chi connectivity index (χ2v) is 6.26. The van der Waals surface area contributed by atoms with Crippen LogP contribution in [0.1, 0.15) is 5.69 Å². The van der Waals surface area contributed by atoms with Gasteiger partial charge in [0.1, 0.15) is 5.57 Å². The van der Waals surface area contributed by atoms with Gasteiger partial charge in [0.2, 0.25) is 0 Å². The van der Waals surface area contributed by atoms with E-state index in [0.717, 1.165) is 15.9 Å². The molecule has 0 aliphatic carbocycles. The molecule has 1 saturated heterocycles. The molecule has 5 nitrogen and oxygen atoms in total. The number of carbonyl (C=O) groups excluding carboxylic acids is 2. The lowest BCUT2D eigenvalue weighted by molar-refractivity contribution is -0.128. The summed E-state index contributed by atoms with van der Waals surface area (Å²) in [6, 6.07) is 11.4. The monoisotopic (exact) mass is 389 g/mol. The summed E-state index contributed by atoms with van der Waals surface area (Å²) in [5.74, 6) is -0.899. The van der Waals surface area contributed by atoms with E-state index in [9.17, 15) is 9.59 Å². The Kier molecular flexibility index (Phi) is 4.14. The minimum Gasteiger partial charge on any atom is -0.317 e. The molecule has 1 N–H and O–H groups in total. The lowest BCUT2D eigenvalue weighted by Gasteiger charge is -2.25. The van der Waals surface area contributed by atoms with Crippen LogP contribution in [-0.4, -0.2) is 33.4 Å². The maximum atomic E-state index is 12.3. The molecule has 0 radical (unpaired) electrons. The van der Waals surface area contributed by atoms with Crippen molar-refractivity contribution in [2.24, 2.45) is 0 Å². The predicted molar refractivity (Wildman–Crippen MR) is 95.0 cm³/mol. The van der Waals surface area contributed by atoms with Crippen LogP contribution < -0.4 is 5.32 Å². The molecule has 116 valence electrons. The van der Waals surface area contributed by atoms with Crippen molar-refractivity contribution in [3.8, 4) is 5.69 Å². The highest BCUT2D eigenvalue weighted by atomic mass is 79.9. The van der Waals surface area contributed by atoms with Crippen LogP contribution in [0.25, 0.3) is 11.8 Å². The van der Waals surface area contributed by atoms with Crippen LogP contribution in [0.5, 0.6) is 0 Å². The summed E-state index contributed by atoms with van der Waals surface area (Å²) >= 11 is 8.33. The van der Waals surface area contributed by atoms with Gasteiger partial charge in [0, 0.05) is 29.1 Å². The van der Waals surface area contributed by atoms with Crippen LogP contribution in [0.15, 0.2) is 52.6 Å². The van der Waals surface area contributed by atoms with Gasteiger partial charge in [-0.05, 0) is 54.7 Å². The number of benzene rings is 1. The van der Waals surface area contributed by atoms with Gasteiger partial charge in [-0.25, -0.2) is 0 Å². The van der Waals surface area contributed by atoms with Crippen LogP contribution in [0.2, 0.25) is 0 Å². The second-order valence-electron chi connectivity index (χ2n) is 4.96. The van der Waals surface area contributed by atoms with Gasteiger partial charge in [0.05, 0.1) is 0 Å². The number of hydrogen-bond donors (Lipinski definition) is 1. The molecule has 0 saturated carbocycles. The van der Waals surface area contributed by atoms with Crippen molar-refractivity contribution in [1.82, 2.24) is 14.8 Å². The average molecular weight is 390 g/mol. The van der Waals surface area contributed by atoms with E-state index in [1.165, 1.54) is 11.9 Å². The molecule has 2 amide bonds. The fourth-order valence-corrected chi connectivity index (χ4v) is 2.68. The Balaban J connectivity index is 2.02. The molecule has 23 heavy (non-hydrogen) atoms. The molecule has 1 aromatic carbocycles. The van der Waals surface area contributed by atoms with Crippen molar-refractivity contribution in [3.05, 3.63) is 58.3 Å². The van der Waals surface area contributed by atoms with Gasteiger partial charge in [-0.15, -0.1) is 0 Å². The number of halogens is 1. The number of rotatable bonds is 2. The number of thiocarbonyl (C=S) groups is 1. The van der Waals surface area contributed by atoms with Gasteiger partial charge in [0.15, 0.2) is 5.11 Å². The summed E-state index contributed by atoms with van der Waals surface area (Å²) in [5, 5.41) is 2.61. The standard InChI is InChI=1S/C16H12BrN3O2S/c1-19-15(22)13(14(21)18-16(19)23)9-12-3-2-8-20(12)11-6-4-10(17)5-7-11/h2-9H,1H3,(H,18,21,23)/b13-9+. The highest BCUT2D eigenvalue weighted by Gasteiger charge is 2.30. The van der Waals surface area contributed by atoms with Crippen molar-refractivity contribution in [3.63, 3.8) is 0 Å². The fourth-order valence-electron chi connectivity index (χ4n) is 2.24. The maximum Gasteiger partial charge on any atom is 0.265 e. The second kappa shape index (κ2) is 6.10. The number of amides is 2. The SMILES string of the molecule is CN1C(=O)/C(=C/c2cccn2-c2ccc(Br)cc2)C(=O)NC1=S. The number of carbonyl (C=O) groups is 2. The number of hydrogen-bond acceptors (Lipinski definition) is 3. The van der Waals surface area contributed by atoms with Crippen molar-refractivity contribution < 1.29 is 9.59 Å². The van der Waals surface area contributed by atoms with Crippen LogP contribution in [0.3, 0.4) is 0 Å². The summed E-state index contributed by atoms with van der Waals surface area (Å²) in [5.41, 5.74) is 1.71. The molecule has 7 heteroatoms. The van der Waals surface area contributed by atoms with E-state index in [2.05, 4.69) is 21.2 Å². The van der Waals surface area contributed by atoms with E-state index in [1.807, 2.05) is 47.2 Å². The number of likely N-dealkylation sites (N-methyl/N-ethyl adjacent to an activating group) is 1. The molecule has 3 rings (SSSR count). The lowest BCUT2D eigenvalue weighted by Crippen LogP contribution is -2.52. The van der Waals surface area contributed by atoms with Crippen LogP contribution in [-0.2, 0) is 9.59 Å². The number of aromatic nitrogens is 1. The number of nitrogens with zero attached hydrogens (tertiary/aromatic N) is 2. The third-order valence-electron chi connectivity index (χ3n) is 3.48. The Hall–Kier alpha value is -2.25. The maximum absolute atomic E-state index is 12.3. The van der Waals surface area contributed by atoms with E-state index in [1.54, 1.807) is 6.08 Å². The van der Waals surface area contributed by atoms with Gasteiger partial charge >= 0.3 is 0 Å². The van der Waals surface area contributed by atoms with E-state index in [0.29, 0.717) is 0 Å². The summed E-state index contributed by atoms with van der Waals surface area (Å²) in [6.07, 6.45) is 3.44. The topological polar surface area (TPSA) is 54.3 Å². The molecule has 0 spiro atoms. The Morgan fingerprint density at radius 3 is 2.57 bits per heavy atom. The van der Waals surface area contributed by atoms with Crippen molar-refractivity contribution in [2.75, 3.05) is 7.05 Å². The molecule has 1 fully saturated rings. The molecule has 2 heterocycles. The quantitative estimate of drug-likeness (QED) is 0.487. The Labute approximate surface area is 146 Å².